The molecule has 4 heteroatoms. The molecular formula is C16H27N3O. The smallest absolute Gasteiger partial charge is 0.250 e. The largest absolute Gasteiger partial charge is 0.315 e. The maximum absolute atomic E-state index is 11.5. The van der Waals surface area contributed by atoms with Crippen molar-refractivity contribution in [2.75, 3.05) is 26.2 Å². The van der Waals surface area contributed by atoms with Gasteiger partial charge in [-0.05, 0) is 51.9 Å². The summed E-state index contributed by atoms with van der Waals surface area (Å²) < 4.78 is 1.75. The van der Waals surface area contributed by atoms with E-state index in [0.29, 0.717) is 0 Å². The Kier molecular flexibility index (Phi) is 6.27. The normalized spacial score (nSPS) is 20.1. The van der Waals surface area contributed by atoms with E-state index in [-0.39, 0.29) is 5.56 Å². The number of nitrogens with zero attached hydrogens (tertiary/aromatic N) is 2. The Labute approximate surface area is 121 Å². The average molecular weight is 277 g/mol. The van der Waals surface area contributed by atoms with Crippen LogP contribution < -0.4 is 10.9 Å². The van der Waals surface area contributed by atoms with E-state index in [9.17, 15) is 4.79 Å². The van der Waals surface area contributed by atoms with Crippen LogP contribution in [0.4, 0.5) is 0 Å². The van der Waals surface area contributed by atoms with Crippen LogP contribution in [0.5, 0.6) is 0 Å². The van der Waals surface area contributed by atoms with Gasteiger partial charge in [0.25, 0.3) is 5.56 Å². The molecule has 1 aliphatic rings. The molecule has 1 atom stereocenters. The first kappa shape index (κ1) is 15.3. The lowest BCUT2D eigenvalue weighted by Crippen LogP contribution is -2.39. The van der Waals surface area contributed by atoms with Crippen molar-refractivity contribution < 1.29 is 0 Å². The van der Waals surface area contributed by atoms with Crippen LogP contribution in [0.1, 0.15) is 32.6 Å². The fourth-order valence-corrected chi connectivity index (χ4v) is 2.87. The Morgan fingerprint density at radius 1 is 1.25 bits per heavy atom. The summed E-state index contributed by atoms with van der Waals surface area (Å²) in [6, 6.07) is 6.05. The lowest BCUT2D eigenvalue weighted by molar-refractivity contribution is 0.159. The van der Waals surface area contributed by atoms with Gasteiger partial charge in [0.2, 0.25) is 0 Å². The number of piperidine rings is 1. The third kappa shape index (κ3) is 4.76. The minimum Gasteiger partial charge on any atom is -0.315 e. The molecule has 0 spiro atoms. The molecule has 0 amide bonds. The van der Waals surface area contributed by atoms with Gasteiger partial charge in [0.1, 0.15) is 0 Å². The zero-order valence-corrected chi connectivity index (χ0v) is 12.6. The van der Waals surface area contributed by atoms with Crippen LogP contribution in [0.15, 0.2) is 29.2 Å². The quantitative estimate of drug-likeness (QED) is 0.771. The summed E-state index contributed by atoms with van der Waals surface area (Å²) in [4.78, 5) is 14.1. The summed E-state index contributed by atoms with van der Waals surface area (Å²) in [5.41, 5.74) is 0.0800. The molecule has 1 aromatic heterocycles. The van der Waals surface area contributed by atoms with Gasteiger partial charge >= 0.3 is 0 Å². The Bertz CT molecular complexity index is 443. The van der Waals surface area contributed by atoms with E-state index in [4.69, 9.17) is 0 Å². The molecule has 1 aliphatic heterocycles. The van der Waals surface area contributed by atoms with Gasteiger partial charge in [-0.15, -0.1) is 0 Å². The van der Waals surface area contributed by atoms with Crippen molar-refractivity contribution in [3.63, 3.8) is 0 Å². The van der Waals surface area contributed by atoms with Gasteiger partial charge in [0.15, 0.2) is 0 Å². The van der Waals surface area contributed by atoms with Gasteiger partial charge in [-0.25, -0.2) is 0 Å². The zero-order chi connectivity index (χ0) is 14.2. The van der Waals surface area contributed by atoms with E-state index in [0.717, 1.165) is 25.7 Å². The van der Waals surface area contributed by atoms with Gasteiger partial charge in [0, 0.05) is 31.4 Å². The minimum atomic E-state index is 0.0800. The van der Waals surface area contributed by atoms with E-state index in [1.165, 1.54) is 38.8 Å². The highest BCUT2D eigenvalue weighted by atomic mass is 16.1. The summed E-state index contributed by atoms with van der Waals surface area (Å²) >= 11 is 0. The van der Waals surface area contributed by atoms with Gasteiger partial charge in [-0.3, -0.25) is 4.79 Å². The zero-order valence-electron chi connectivity index (χ0n) is 12.6. The first-order valence-electron chi connectivity index (χ1n) is 7.87. The second kappa shape index (κ2) is 8.22. The average Bonchev–Trinajstić information content (AvgIpc) is 2.46. The van der Waals surface area contributed by atoms with Gasteiger partial charge in [-0.1, -0.05) is 12.5 Å². The highest BCUT2D eigenvalue weighted by Crippen LogP contribution is 2.15. The van der Waals surface area contributed by atoms with Crippen molar-refractivity contribution in [3.8, 4) is 0 Å². The third-order valence-electron chi connectivity index (χ3n) is 4.17. The van der Waals surface area contributed by atoms with Crippen LogP contribution in [-0.4, -0.2) is 41.7 Å². The SMILES string of the molecule is CC1CCCCN1CCCNCCn1ccccc1=O. The van der Waals surface area contributed by atoms with E-state index in [2.05, 4.69) is 17.1 Å². The molecule has 0 aromatic carbocycles. The maximum Gasteiger partial charge on any atom is 0.250 e. The summed E-state index contributed by atoms with van der Waals surface area (Å²) in [7, 11) is 0. The van der Waals surface area contributed by atoms with Crippen LogP contribution >= 0.6 is 0 Å². The number of rotatable bonds is 7. The number of hydrogen-bond acceptors (Lipinski definition) is 3. The predicted molar refractivity (Wildman–Crippen MR) is 83.1 cm³/mol. The molecule has 2 heterocycles. The topological polar surface area (TPSA) is 37.3 Å². The molecule has 1 saturated heterocycles. The van der Waals surface area contributed by atoms with E-state index < -0.39 is 0 Å². The van der Waals surface area contributed by atoms with Crippen molar-refractivity contribution in [1.82, 2.24) is 14.8 Å². The second-order valence-corrected chi connectivity index (χ2v) is 5.72. The van der Waals surface area contributed by atoms with Crippen LogP contribution in [0, 0.1) is 0 Å². The van der Waals surface area contributed by atoms with Crippen molar-refractivity contribution in [1.29, 1.82) is 0 Å². The summed E-state index contributed by atoms with van der Waals surface area (Å²) in [5, 5.41) is 3.43. The standard InChI is InChI=1S/C16H27N3O/c1-15-7-2-4-11-18(15)13-6-9-17-10-14-19-12-5-3-8-16(19)20/h3,5,8,12,15,17H,2,4,6-7,9-11,13-14H2,1H3. The van der Waals surface area contributed by atoms with Crippen LogP contribution in [-0.2, 0) is 6.54 Å². The van der Waals surface area contributed by atoms with E-state index in [1.54, 1.807) is 16.7 Å². The molecule has 4 nitrogen and oxygen atoms in total. The van der Waals surface area contributed by atoms with Crippen molar-refractivity contribution in [3.05, 3.63) is 34.7 Å². The van der Waals surface area contributed by atoms with Crippen LogP contribution in [0.3, 0.4) is 0 Å². The summed E-state index contributed by atoms with van der Waals surface area (Å²) in [6.07, 6.45) is 7.13. The molecule has 0 aliphatic carbocycles. The fourth-order valence-electron chi connectivity index (χ4n) is 2.87. The van der Waals surface area contributed by atoms with Crippen LogP contribution in [0.2, 0.25) is 0 Å². The molecule has 0 radical (unpaired) electrons. The van der Waals surface area contributed by atoms with Gasteiger partial charge < -0.3 is 14.8 Å². The Morgan fingerprint density at radius 2 is 2.15 bits per heavy atom. The Hall–Kier alpha value is -1.13. The minimum absolute atomic E-state index is 0.0800. The maximum atomic E-state index is 11.5. The lowest BCUT2D eigenvalue weighted by atomic mass is 10.0. The molecule has 0 saturated carbocycles. The van der Waals surface area contributed by atoms with Gasteiger partial charge in [0.05, 0.1) is 0 Å². The molecule has 1 aromatic rings. The number of pyridine rings is 1. The molecule has 2 rings (SSSR count). The highest BCUT2D eigenvalue weighted by Gasteiger charge is 2.16. The number of likely N-dealkylation sites (tertiary alicyclic amines) is 1. The van der Waals surface area contributed by atoms with Crippen molar-refractivity contribution >= 4 is 0 Å². The number of aromatic nitrogens is 1. The molecule has 112 valence electrons. The molecule has 1 unspecified atom stereocenters. The number of nitrogens with one attached hydrogen (secondary N) is 1. The van der Waals surface area contributed by atoms with Gasteiger partial charge in [-0.2, -0.15) is 0 Å². The molecule has 0 bridgehead atoms. The van der Waals surface area contributed by atoms with Crippen LogP contribution in [0.25, 0.3) is 0 Å². The lowest BCUT2D eigenvalue weighted by Gasteiger charge is -2.33. The molecular weight excluding hydrogens is 250 g/mol. The molecule has 1 N–H and O–H groups in total. The van der Waals surface area contributed by atoms with Crippen molar-refractivity contribution in [2.24, 2.45) is 0 Å². The summed E-state index contributed by atoms with van der Waals surface area (Å²) in [6.45, 7) is 7.44. The fraction of sp³-hybridized carbons (Fsp3) is 0.688. The monoisotopic (exact) mass is 277 g/mol. The molecule has 20 heavy (non-hydrogen) atoms. The van der Waals surface area contributed by atoms with E-state index in [1.807, 2.05) is 12.3 Å². The molecule has 1 fully saturated rings. The third-order valence-corrected chi connectivity index (χ3v) is 4.17. The first-order valence-corrected chi connectivity index (χ1v) is 7.87. The summed E-state index contributed by atoms with van der Waals surface area (Å²) in [5.74, 6) is 0. The van der Waals surface area contributed by atoms with Crippen molar-refractivity contribution in [2.45, 2.75) is 45.2 Å². The highest BCUT2D eigenvalue weighted by molar-refractivity contribution is 4.93. The van der Waals surface area contributed by atoms with E-state index >= 15 is 0 Å². The Balaban J connectivity index is 1.56. The first-order chi connectivity index (χ1) is 9.77. The Morgan fingerprint density at radius 3 is 2.95 bits per heavy atom. The number of hydrogen-bond donors (Lipinski definition) is 1. The predicted octanol–water partition coefficient (Wildman–Crippen LogP) is 1.70. The second-order valence-electron chi connectivity index (χ2n) is 5.72.